The number of halogens is 4. The van der Waals surface area contributed by atoms with Crippen LogP contribution in [0.15, 0.2) is 53.2 Å². The van der Waals surface area contributed by atoms with Crippen LogP contribution in [-0.2, 0) is 6.18 Å². The third-order valence-electron chi connectivity index (χ3n) is 3.75. The van der Waals surface area contributed by atoms with Crippen molar-refractivity contribution < 1.29 is 22.5 Å². The molecule has 26 heavy (non-hydrogen) atoms. The Labute approximate surface area is 151 Å². The molecule has 1 heterocycles. The highest BCUT2D eigenvalue weighted by Gasteiger charge is 2.34. The second-order valence-corrected chi connectivity index (χ2v) is 5.89. The first-order chi connectivity index (χ1) is 12.3. The summed E-state index contributed by atoms with van der Waals surface area (Å²) in [5.41, 5.74) is -0.515. The van der Waals surface area contributed by atoms with Gasteiger partial charge in [-0.3, -0.25) is 4.79 Å². The average Bonchev–Trinajstić information content (AvgIpc) is 3.01. The maximum atomic E-state index is 13.5. The normalized spacial score (nSPS) is 11.4. The molecule has 0 radical (unpaired) electrons. The molecule has 0 saturated heterocycles. The highest BCUT2D eigenvalue weighted by Crippen LogP contribution is 2.39. The number of hydrogen-bond acceptors (Lipinski definition) is 3. The van der Waals surface area contributed by atoms with Crippen molar-refractivity contribution in [1.29, 1.82) is 0 Å². The van der Waals surface area contributed by atoms with Crippen LogP contribution in [-0.4, -0.2) is 11.1 Å². The molecule has 1 aromatic heterocycles. The molecule has 3 rings (SSSR count). The molecule has 0 spiro atoms. The summed E-state index contributed by atoms with van der Waals surface area (Å²) in [5, 5.41) is 6.04. The second kappa shape index (κ2) is 6.84. The van der Waals surface area contributed by atoms with Crippen LogP contribution < -0.4 is 5.32 Å². The number of benzene rings is 2. The minimum atomic E-state index is -4.66. The Bertz CT molecular complexity index is 967. The molecule has 0 unspecified atom stereocenters. The van der Waals surface area contributed by atoms with Crippen molar-refractivity contribution in [3.05, 3.63) is 70.6 Å². The van der Waals surface area contributed by atoms with Crippen molar-refractivity contribution >= 4 is 23.2 Å². The third kappa shape index (κ3) is 3.57. The summed E-state index contributed by atoms with van der Waals surface area (Å²) in [6.07, 6.45) is -3.51. The molecule has 0 bridgehead atoms. The van der Waals surface area contributed by atoms with Gasteiger partial charge in [-0.2, -0.15) is 13.2 Å². The summed E-state index contributed by atoms with van der Waals surface area (Å²) in [5.74, 6) is -0.525. The summed E-state index contributed by atoms with van der Waals surface area (Å²) < 4.78 is 45.3. The van der Waals surface area contributed by atoms with E-state index in [9.17, 15) is 18.0 Å². The molecule has 8 heteroatoms. The molecule has 2 aromatic carbocycles. The van der Waals surface area contributed by atoms with E-state index in [0.717, 1.165) is 12.3 Å². The first kappa shape index (κ1) is 18.0. The van der Waals surface area contributed by atoms with Crippen LogP contribution in [0, 0.1) is 6.92 Å². The first-order valence-corrected chi connectivity index (χ1v) is 7.84. The van der Waals surface area contributed by atoms with Gasteiger partial charge in [-0.25, -0.2) is 0 Å². The van der Waals surface area contributed by atoms with Crippen LogP contribution in [0.1, 0.15) is 21.7 Å². The monoisotopic (exact) mass is 380 g/mol. The Morgan fingerprint density at radius 1 is 1.19 bits per heavy atom. The number of anilines is 1. The predicted octanol–water partition coefficient (Wildman–Crippen LogP) is 5.57. The summed E-state index contributed by atoms with van der Waals surface area (Å²) in [6.45, 7) is 1.49. The van der Waals surface area contributed by atoms with Crippen molar-refractivity contribution in [2.24, 2.45) is 0 Å². The van der Waals surface area contributed by atoms with Gasteiger partial charge in [0.15, 0.2) is 0 Å². The molecular weight excluding hydrogens is 369 g/mol. The Morgan fingerprint density at radius 2 is 1.92 bits per heavy atom. The van der Waals surface area contributed by atoms with Gasteiger partial charge < -0.3 is 9.84 Å². The lowest BCUT2D eigenvalue weighted by Crippen LogP contribution is -2.17. The van der Waals surface area contributed by atoms with E-state index in [1.54, 1.807) is 24.3 Å². The standard InChI is InChI=1S/C18H12ClF3N2O2/c1-10-13(9-23-26-10)17(25)24-16-7-6-11(8-14(16)18(20,21)22)12-4-2-3-5-15(12)19/h2-9H,1H3,(H,24,25). The molecule has 0 aliphatic carbocycles. The molecule has 0 aliphatic rings. The van der Waals surface area contributed by atoms with E-state index in [1.165, 1.54) is 19.1 Å². The van der Waals surface area contributed by atoms with Crippen LogP contribution in [0.2, 0.25) is 5.02 Å². The SMILES string of the molecule is Cc1oncc1C(=O)Nc1ccc(-c2ccccc2Cl)cc1C(F)(F)F. The molecular formula is C18H12ClF3N2O2. The zero-order valence-electron chi connectivity index (χ0n) is 13.4. The number of aromatic nitrogens is 1. The molecule has 1 amide bonds. The molecule has 0 atom stereocenters. The molecule has 4 nitrogen and oxygen atoms in total. The van der Waals surface area contributed by atoms with Crippen molar-refractivity contribution in [2.45, 2.75) is 13.1 Å². The van der Waals surface area contributed by atoms with Gasteiger partial charge in [0.2, 0.25) is 0 Å². The van der Waals surface area contributed by atoms with Gasteiger partial charge in [0.25, 0.3) is 5.91 Å². The summed E-state index contributed by atoms with van der Waals surface area (Å²) in [7, 11) is 0. The fourth-order valence-electron chi connectivity index (χ4n) is 2.46. The minimum Gasteiger partial charge on any atom is -0.361 e. The molecule has 0 saturated carbocycles. The maximum absolute atomic E-state index is 13.5. The smallest absolute Gasteiger partial charge is 0.361 e. The van der Waals surface area contributed by atoms with Gasteiger partial charge in [-0.15, -0.1) is 0 Å². The predicted molar refractivity (Wildman–Crippen MR) is 91.1 cm³/mol. The maximum Gasteiger partial charge on any atom is 0.418 e. The number of nitrogens with zero attached hydrogens (tertiary/aromatic N) is 1. The van der Waals surface area contributed by atoms with Crippen molar-refractivity contribution in [3.63, 3.8) is 0 Å². The molecule has 0 aliphatic heterocycles. The topological polar surface area (TPSA) is 55.1 Å². The van der Waals surface area contributed by atoms with E-state index < -0.39 is 17.6 Å². The largest absolute Gasteiger partial charge is 0.418 e. The van der Waals surface area contributed by atoms with E-state index in [0.29, 0.717) is 16.1 Å². The van der Waals surface area contributed by atoms with Crippen LogP contribution in [0.5, 0.6) is 0 Å². The lowest BCUT2D eigenvalue weighted by molar-refractivity contribution is -0.136. The fourth-order valence-corrected chi connectivity index (χ4v) is 2.70. The molecule has 134 valence electrons. The van der Waals surface area contributed by atoms with E-state index >= 15 is 0 Å². The highest BCUT2D eigenvalue weighted by molar-refractivity contribution is 6.33. The van der Waals surface area contributed by atoms with Crippen LogP contribution >= 0.6 is 11.6 Å². The molecule has 1 N–H and O–H groups in total. The quantitative estimate of drug-likeness (QED) is 0.645. The lowest BCUT2D eigenvalue weighted by atomic mass is 10.0. The van der Waals surface area contributed by atoms with Gasteiger partial charge in [0.05, 0.1) is 17.4 Å². The molecule has 0 fully saturated rings. The number of nitrogens with one attached hydrogen (secondary N) is 1. The van der Waals surface area contributed by atoms with Crippen LogP contribution in [0.4, 0.5) is 18.9 Å². The number of carbonyl (C=O) groups excluding carboxylic acids is 1. The highest BCUT2D eigenvalue weighted by atomic mass is 35.5. The van der Waals surface area contributed by atoms with Crippen molar-refractivity contribution in [1.82, 2.24) is 5.16 Å². The van der Waals surface area contributed by atoms with E-state index in [2.05, 4.69) is 10.5 Å². The lowest BCUT2D eigenvalue weighted by Gasteiger charge is -2.16. The number of amides is 1. The van der Waals surface area contributed by atoms with Gasteiger partial charge >= 0.3 is 6.18 Å². The number of alkyl halides is 3. The zero-order valence-corrected chi connectivity index (χ0v) is 14.2. The zero-order chi connectivity index (χ0) is 18.9. The summed E-state index contributed by atoms with van der Waals surface area (Å²) in [6, 6.07) is 10.2. The van der Waals surface area contributed by atoms with Gasteiger partial charge in [0, 0.05) is 10.6 Å². The molecule has 3 aromatic rings. The Balaban J connectivity index is 2.02. The number of carbonyl (C=O) groups is 1. The Morgan fingerprint density at radius 3 is 2.54 bits per heavy atom. The number of rotatable bonds is 3. The first-order valence-electron chi connectivity index (χ1n) is 7.46. The second-order valence-electron chi connectivity index (χ2n) is 5.49. The van der Waals surface area contributed by atoms with Gasteiger partial charge in [-0.1, -0.05) is 41.0 Å². The average molecular weight is 381 g/mol. The fraction of sp³-hybridized carbons (Fsp3) is 0.111. The van der Waals surface area contributed by atoms with Gasteiger partial charge in [-0.05, 0) is 30.7 Å². The third-order valence-corrected chi connectivity index (χ3v) is 4.08. The summed E-state index contributed by atoms with van der Waals surface area (Å²) in [4.78, 5) is 12.2. The Hall–Kier alpha value is -2.80. The Kier molecular flexibility index (Phi) is 4.73. The number of aryl methyl sites for hydroxylation is 1. The minimum absolute atomic E-state index is 0.0632. The van der Waals surface area contributed by atoms with E-state index in [-0.39, 0.29) is 17.0 Å². The van der Waals surface area contributed by atoms with Gasteiger partial charge in [0.1, 0.15) is 11.3 Å². The van der Waals surface area contributed by atoms with E-state index in [4.69, 9.17) is 16.1 Å². The van der Waals surface area contributed by atoms with Crippen molar-refractivity contribution in [3.8, 4) is 11.1 Å². The van der Waals surface area contributed by atoms with Crippen LogP contribution in [0.25, 0.3) is 11.1 Å². The van der Waals surface area contributed by atoms with E-state index in [1.807, 2.05) is 0 Å². The number of hydrogen-bond donors (Lipinski definition) is 1. The van der Waals surface area contributed by atoms with Crippen LogP contribution in [0.3, 0.4) is 0 Å². The van der Waals surface area contributed by atoms with Crippen molar-refractivity contribution in [2.75, 3.05) is 5.32 Å². The summed E-state index contributed by atoms with van der Waals surface area (Å²) >= 11 is 6.07.